The number of hydrogen-bond donors (Lipinski definition) is 2. The molecular weight excluding hydrogens is 286 g/mol. The highest BCUT2D eigenvalue weighted by Gasteiger charge is 2.21. The number of fused-ring (bicyclic) bond motifs is 1. The van der Waals surface area contributed by atoms with Crippen molar-refractivity contribution in [1.29, 1.82) is 0 Å². The Morgan fingerprint density at radius 1 is 1.43 bits per heavy atom. The van der Waals surface area contributed by atoms with Crippen molar-refractivity contribution in [3.63, 3.8) is 0 Å². The van der Waals surface area contributed by atoms with Gasteiger partial charge in [-0.3, -0.25) is 9.86 Å². The molecule has 1 fully saturated rings. The molecule has 3 N–H and O–H groups in total. The van der Waals surface area contributed by atoms with Gasteiger partial charge in [-0.2, -0.15) is 10.1 Å². The molecule has 0 radical (unpaired) electrons. The van der Waals surface area contributed by atoms with Crippen LogP contribution in [0.25, 0.3) is 5.78 Å². The number of aryl methyl sites for hydroxylation is 1. The number of nitrogens with one attached hydrogen (secondary N) is 1. The zero-order chi connectivity index (χ0) is 14.7. The highest BCUT2D eigenvalue weighted by Crippen LogP contribution is 2.26. The van der Waals surface area contributed by atoms with Gasteiger partial charge in [0.15, 0.2) is 0 Å². The number of nitrogens with two attached hydrogens (primary N) is 1. The number of hydrogen-bond acceptors (Lipinski definition) is 7. The minimum Gasteiger partial charge on any atom is -0.369 e. The predicted octanol–water partition coefficient (Wildman–Crippen LogP) is 1.15. The van der Waals surface area contributed by atoms with E-state index in [1.54, 1.807) is 10.8 Å². The number of anilines is 1. The van der Waals surface area contributed by atoms with Crippen molar-refractivity contribution in [2.75, 3.05) is 24.5 Å². The van der Waals surface area contributed by atoms with Gasteiger partial charge in [0, 0.05) is 31.8 Å². The highest BCUT2D eigenvalue weighted by atomic mass is 32.2. The fourth-order valence-electron chi connectivity index (χ4n) is 2.93. The average Bonchev–Trinajstić information content (AvgIpc) is 2.94. The molecule has 0 spiro atoms. The Morgan fingerprint density at radius 3 is 3.00 bits per heavy atom. The van der Waals surface area contributed by atoms with Crippen LogP contribution >= 0.6 is 12.1 Å². The molecule has 0 aromatic carbocycles. The third-order valence-electron chi connectivity index (χ3n) is 4.13. The van der Waals surface area contributed by atoms with Crippen LogP contribution in [-0.2, 0) is 0 Å². The Balaban J connectivity index is 1.63. The first-order valence-electron chi connectivity index (χ1n) is 7.28. The number of aromatic nitrogens is 4. The van der Waals surface area contributed by atoms with Crippen molar-refractivity contribution in [3.8, 4) is 0 Å². The first-order valence-corrected chi connectivity index (χ1v) is 8.16. The molecule has 0 bridgehead atoms. The van der Waals surface area contributed by atoms with Gasteiger partial charge in [0.25, 0.3) is 5.78 Å². The van der Waals surface area contributed by atoms with Crippen LogP contribution in [0.15, 0.2) is 12.5 Å². The summed E-state index contributed by atoms with van der Waals surface area (Å²) in [5.74, 6) is 1.45. The van der Waals surface area contributed by atoms with Crippen molar-refractivity contribution in [3.05, 3.63) is 18.2 Å². The van der Waals surface area contributed by atoms with Crippen molar-refractivity contribution in [2.24, 2.45) is 11.1 Å². The lowest BCUT2D eigenvalue weighted by Crippen LogP contribution is -2.35. The van der Waals surface area contributed by atoms with Gasteiger partial charge in [0.1, 0.15) is 6.33 Å². The zero-order valence-electron chi connectivity index (χ0n) is 12.2. The fraction of sp³-hybridized carbons (Fsp3) is 0.615. The van der Waals surface area contributed by atoms with Crippen LogP contribution in [0.3, 0.4) is 0 Å². The minimum absolute atomic E-state index is 0.663. The standard InChI is InChI=1S/C13H21N7S/c1-10-12(8-20-13(18-10)15-9-16-20)19-6-3-11(4-7-19)2-5-17-21-14/h8-9,11,17H,2-7,14H2,1H3. The summed E-state index contributed by atoms with van der Waals surface area (Å²) in [5.41, 5.74) is 2.19. The first-order chi connectivity index (χ1) is 10.3. The number of rotatable bonds is 5. The van der Waals surface area contributed by atoms with Crippen molar-refractivity contribution in [1.82, 2.24) is 24.3 Å². The van der Waals surface area contributed by atoms with Gasteiger partial charge in [0.05, 0.1) is 17.6 Å². The summed E-state index contributed by atoms with van der Waals surface area (Å²) in [5, 5.41) is 9.55. The normalized spacial score (nSPS) is 16.8. The lowest BCUT2D eigenvalue weighted by atomic mass is 9.93. The Bertz CT molecular complexity index is 591. The molecule has 0 saturated carbocycles. The van der Waals surface area contributed by atoms with E-state index in [0.29, 0.717) is 5.78 Å². The van der Waals surface area contributed by atoms with E-state index in [1.807, 2.05) is 13.1 Å². The molecule has 3 rings (SSSR count). The molecule has 21 heavy (non-hydrogen) atoms. The summed E-state index contributed by atoms with van der Waals surface area (Å²) in [6, 6.07) is 0. The fourth-order valence-corrected chi connectivity index (χ4v) is 3.16. The molecule has 8 heteroatoms. The Morgan fingerprint density at radius 2 is 2.24 bits per heavy atom. The smallest absolute Gasteiger partial charge is 0.252 e. The van der Waals surface area contributed by atoms with Crippen LogP contribution in [0, 0.1) is 12.8 Å². The lowest BCUT2D eigenvalue weighted by Gasteiger charge is -2.34. The average molecular weight is 307 g/mol. The van der Waals surface area contributed by atoms with Gasteiger partial charge in [-0.15, -0.1) is 0 Å². The SMILES string of the molecule is Cc1nc2ncnn2cc1N1CCC(CCNSN)CC1. The van der Waals surface area contributed by atoms with E-state index in [0.717, 1.165) is 31.2 Å². The maximum absolute atomic E-state index is 5.37. The topological polar surface area (TPSA) is 84.4 Å². The van der Waals surface area contributed by atoms with Crippen LogP contribution in [0.1, 0.15) is 25.0 Å². The quantitative estimate of drug-likeness (QED) is 0.633. The Kier molecular flexibility index (Phi) is 4.57. The van der Waals surface area contributed by atoms with Gasteiger partial charge in [-0.1, -0.05) is 0 Å². The van der Waals surface area contributed by atoms with Crippen LogP contribution < -0.4 is 14.8 Å². The van der Waals surface area contributed by atoms with E-state index in [1.165, 1.54) is 37.1 Å². The Labute approximate surface area is 128 Å². The molecule has 2 aromatic heterocycles. The molecule has 1 aliphatic heterocycles. The van der Waals surface area contributed by atoms with Gasteiger partial charge in [-0.05, 0) is 32.1 Å². The summed E-state index contributed by atoms with van der Waals surface area (Å²) in [4.78, 5) is 11.0. The third kappa shape index (κ3) is 3.28. The number of piperidine rings is 1. The van der Waals surface area contributed by atoms with Crippen molar-refractivity contribution in [2.45, 2.75) is 26.2 Å². The molecular formula is C13H21N7S. The molecule has 3 heterocycles. The lowest BCUT2D eigenvalue weighted by molar-refractivity contribution is 0.383. The third-order valence-corrected chi connectivity index (χ3v) is 4.50. The van der Waals surface area contributed by atoms with E-state index in [9.17, 15) is 0 Å². The first kappa shape index (κ1) is 14.6. The second-order valence-electron chi connectivity index (χ2n) is 5.45. The summed E-state index contributed by atoms with van der Waals surface area (Å²) in [6.45, 7) is 5.17. The summed E-state index contributed by atoms with van der Waals surface area (Å²) in [6.07, 6.45) is 7.20. The monoisotopic (exact) mass is 307 g/mol. The molecule has 0 atom stereocenters. The molecule has 2 aromatic rings. The van der Waals surface area contributed by atoms with Crippen LogP contribution in [0.5, 0.6) is 0 Å². The molecule has 1 saturated heterocycles. The van der Waals surface area contributed by atoms with Gasteiger partial charge < -0.3 is 4.90 Å². The predicted molar refractivity (Wildman–Crippen MR) is 84.9 cm³/mol. The number of nitrogens with zero attached hydrogens (tertiary/aromatic N) is 5. The molecule has 1 aliphatic rings. The maximum Gasteiger partial charge on any atom is 0.252 e. The summed E-state index contributed by atoms with van der Waals surface area (Å²) in [7, 11) is 0. The molecule has 0 unspecified atom stereocenters. The maximum atomic E-state index is 5.37. The van der Waals surface area contributed by atoms with E-state index in [4.69, 9.17) is 5.14 Å². The largest absolute Gasteiger partial charge is 0.369 e. The van der Waals surface area contributed by atoms with E-state index < -0.39 is 0 Å². The van der Waals surface area contributed by atoms with Crippen molar-refractivity contribution < 1.29 is 0 Å². The second-order valence-corrected chi connectivity index (χ2v) is 5.97. The van der Waals surface area contributed by atoms with Gasteiger partial charge in [-0.25, -0.2) is 9.50 Å². The Hall–Kier alpha value is -1.38. The van der Waals surface area contributed by atoms with Gasteiger partial charge >= 0.3 is 0 Å². The molecule has 114 valence electrons. The van der Waals surface area contributed by atoms with E-state index in [-0.39, 0.29) is 0 Å². The summed E-state index contributed by atoms with van der Waals surface area (Å²) < 4.78 is 4.86. The summed E-state index contributed by atoms with van der Waals surface area (Å²) >= 11 is 1.21. The molecule has 0 amide bonds. The molecule has 7 nitrogen and oxygen atoms in total. The molecule has 0 aliphatic carbocycles. The van der Waals surface area contributed by atoms with Crippen LogP contribution in [-0.4, -0.2) is 39.2 Å². The van der Waals surface area contributed by atoms with E-state index >= 15 is 0 Å². The van der Waals surface area contributed by atoms with Crippen molar-refractivity contribution >= 4 is 23.6 Å². The van der Waals surface area contributed by atoms with Crippen LogP contribution in [0.4, 0.5) is 5.69 Å². The highest BCUT2D eigenvalue weighted by molar-refractivity contribution is 7.95. The second kappa shape index (κ2) is 6.59. The zero-order valence-corrected chi connectivity index (χ0v) is 13.0. The van der Waals surface area contributed by atoms with Gasteiger partial charge in [0.2, 0.25) is 0 Å². The van der Waals surface area contributed by atoms with E-state index in [2.05, 4.69) is 24.7 Å². The minimum atomic E-state index is 0.663. The van der Waals surface area contributed by atoms with Crippen LogP contribution in [0.2, 0.25) is 0 Å².